The highest BCUT2D eigenvalue weighted by atomic mass is 15.1. The van der Waals surface area contributed by atoms with E-state index in [-0.39, 0.29) is 0 Å². The van der Waals surface area contributed by atoms with Gasteiger partial charge in [-0.15, -0.1) is 0 Å². The van der Waals surface area contributed by atoms with Gasteiger partial charge in [0.05, 0.1) is 0 Å². The van der Waals surface area contributed by atoms with Crippen molar-refractivity contribution in [1.82, 2.24) is 4.90 Å². The molecule has 0 spiro atoms. The monoisotopic (exact) mass is 228 g/mol. The van der Waals surface area contributed by atoms with Crippen molar-refractivity contribution in [3.63, 3.8) is 0 Å². The van der Waals surface area contributed by atoms with Gasteiger partial charge in [-0.1, -0.05) is 27.7 Å². The third-order valence-electron chi connectivity index (χ3n) is 3.25. The van der Waals surface area contributed by atoms with Gasteiger partial charge in [-0.3, -0.25) is 0 Å². The zero-order valence-electron chi connectivity index (χ0n) is 12.2. The molecule has 0 bridgehead atoms. The molecule has 2 nitrogen and oxygen atoms in total. The summed E-state index contributed by atoms with van der Waals surface area (Å²) < 4.78 is 0. The second kappa shape index (κ2) is 8.08. The summed E-state index contributed by atoms with van der Waals surface area (Å²) in [5.74, 6) is 2.18. The number of rotatable bonds is 8. The van der Waals surface area contributed by atoms with E-state index >= 15 is 0 Å². The normalized spacial score (nSPS) is 16.1. The zero-order chi connectivity index (χ0) is 12.7. The Morgan fingerprint density at radius 3 is 1.81 bits per heavy atom. The van der Waals surface area contributed by atoms with Gasteiger partial charge in [-0.25, -0.2) is 0 Å². The maximum atomic E-state index is 5.84. The highest BCUT2D eigenvalue weighted by molar-refractivity contribution is 4.71. The van der Waals surface area contributed by atoms with Gasteiger partial charge in [0.25, 0.3) is 0 Å². The Balaban J connectivity index is 4.02. The molecule has 0 fully saturated rings. The van der Waals surface area contributed by atoms with Crippen LogP contribution in [0, 0.1) is 17.8 Å². The fourth-order valence-corrected chi connectivity index (χ4v) is 2.36. The predicted molar refractivity (Wildman–Crippen MR) is 73.5 cm³/mol. The highest BCUT2D eigenvalue weighted by Crippen LogP contribution is 2.15. The van der Waals surface area contributed by atoms with E-state index < -0.39 is 0 Å². The molecular weight excluding hydrogens is 196 g/mol. The lowest BCUT2D eigenvalue weighted by Crippen LogP contribution is -2.37. The largest absolute Gasteiger partial charge is 0.330 e. The van der Waals surface area contributed by atoms with Crippen LogP contribution in [0.4, 0.5) is 0 Å². The molecule has 0 aliphatic rings. The second-order valence-electron chi connectivity index (χ2n) is 6.15. The van der Waals surface area contributed by atoms with E-state index in [4.69, 9.17) is 5.73 Å². The van der Waals surface area contributed by atoms with E-state index in [1.54, 1.807) is 0 Å². The van der Waals surface area contributed by atoms with Crippen molar-refractivity contribution in [2.75, 3.05) is 20.1 Å². The molecule has 0 aromatic carbocycles. The summed E-state index contributed by atoms with van der Waals surface area (Å²) in [5.41, 5.74) is 5.84. The summed E-state index contributed by atoms with van der Waals surface area (Å²) >= 11 is 0. The van der Waals surface area contributed by atoms with Crippen LogP contribution in [-0.4, -0.2) is 31.1 Å². The lowest BCUT2D eigenvalue weighted by molar-refractivity contribution is 0.187. The molecule has 2 N–H and O–H groups in total. The van der Waals surface area contributed by atoms with Gasteiger partial charge in [0, 0.05) is 12.6 Å². The lowest BCUT2D eigenvalue weighted by Gasteiger charge is -2.30. The van der Waals surface area contributed by atoms with Crippen LogP contribution in [0.3, 0.4) is 0 Å². The smallest absolute Gasteiger partial charge is 0.00664 e. The molecule has 0 aliphatic heterocycles. The standard InChI is InChI=1S/C14H32N2/c1-11(2)7-13(5)16(6)10-14(9-15)8-12(3)4/h11-14H,7-10,15H2,1-6H3. The Bertz CT molecular complexity index is 166. The van der Waals surface area contributed by atoms with Crippen LogP contribution in [0.5, 0.6) is 0 Å². The minimum absolute atomic E-state index is 0.652. The topological polar surface area (TPSA) is 29.3 Å². The molecule has 0 heterocycles. The van der Waals surface area contributed by atoms with E-state index in [1.165, 1.54) is 12.8 Å². The summed E-state index contributed by atoms with van der Waals surface area (Å²) in [6, 6.07) is 0.668. The van der Waals surface area contributed by atoms with Crippen LogP contribution in [0.1, 0.15) is 47.5 Å². The molecular formula is C14H32N2. The zero-order valence-corrected chi connectivity index (χ0v) is 12.2. The molecule has 98 valence electrons. The van der Waals surface area contributed by atoms with E-state index in [0.29, 0.717) is 12.0 Å². The second-order valence-corrected chi connectivity index (χ2v) is 6.15. The third kappa shape index (κ3) is 7.24. The molecule has 0 radical (unpaired) electrons. The van der Waals surface area contributed by atoms with Gasteiger partial charge in [0.1, 0.15) is 0 Å². The fourth-order valence-electron chi connectivity index (χ4n) is 2.36. The van der Waals surface area contributed by atoms with E-state index in [1.807, 2.05) is 0 Å². The molecule has 0 aromatic heterocycles. The van der Waals surface area contributed by atoms with Crippen molar-refractivity contribution in [1.29, 1.82) is 0 Å². The Labute approximate surface area is 103 Å². The van der Waals surface area contributed by atoms with Crippen molar-refractivity contribution in [2.45, 2.75) is 53.5 Å². The summed E-state index contributed by atoms with van der Waals surface area (Å²) in [7, 11) is 2.23. The Hall–Kier alpha value is -0.0800. The van der Waals surface area contributed by atoms with Crippen molar-refractivity contribution in [3.8, 4) is 0 Å². The summed E-state index contributed by atoms with van der Waals surface area (Å²) in [6.45, 7) is 13.4. The van der Waals surface area contributed by atoms with Gasteiger partial charge in [-0.2, -0.15) is 0 Å². The fraction of sp³-hybridized carbons (Fsp3) is 1.00. The summed E-state index contributed by atoms with van der Waals surface area (Å²) in [5, 5.41) is 0. The number of nitrogens with two attached hydrogens (primary N) is 1. The first-order valence-corrected chi connectivity index (χ1v) is 6.77. The molecule has 0 saturated carbocycles. The molecule has 0 aliphatic carbocycles. The molecule has 2 unspecified atom stereocenters. The van der Waals surface area contributed by atoms with E-state index in [9.17, 15) is 0 Å². The van der Waals surface area contributed by atoms with Gasteiger partial charge < -0.3 is 10.6 Å². The minimum atomic E-state index is 0.652. The van der Waals surface area contributed by atoms with Gasteiger partial charge in [-0.05, 0) is 51.1 Å². The average molecular weight is 228 g/mol. The number of hydrogen-bond acceptors (Lipinski definition) is 2. The van der Waals surface area contributed by atoms with Gasteiger partial charge in [0.15, 0.2) is 0 Å². The molecule has 0 amide bonds. The molecule has 0 rings (SSSR count). The molecule has 0 saturated heterocycles. The van der Waals surface area contributed by atoms with Crippen LogP contribution in [0.15, 0.2) is 0 Å². The van der Waals surface area contributed by atoms with Gasteiger partial charge >= 0.3 is 0 Å². The van der Waals surface area contributed by atoms with Crippen LogP contribution in [-0.2, 0) is 0 Å². The van der Waals surface area contributed by atoms with Crippen LogP contribution < -0.4 is 5.73 Å². The third-order valence-corrected chi connectivity index (χ3v) is 3.25. The Kier molecular flexibility index (Phi) is 8.04. The summed E-state index contributed by atoms with van der Waals surface area (Å²) in [4.78, 5) is 2.47. The van der Waals surface area contributed by atoms with E-state index in [2.05, 4.69) is 46.6 Å². The van der Waals surface area contributed by atoms with Crippen LogP contribution in [0.25, 0.3) is 0 Å². The minimum Gasteiger partial charge on any atom is -0.330 e. The van der Waals surface area contributed by atoms with Crippen molar-refractivity contribution in [2.24, 2.45) is 23.5 Å². The first-order chi connectivity index (χ1) is 7.36. The average Bonchev–Trinajstić information content (AvgIpc) is 2.14. The summed E-state index contributed by atoms with van der Waals surface area (Å²) in [6.07, 6.45) is 2.52. The lowest BCUT2D eigenvalue weighted by atomic mass is 9.95. The van der Waals surface area contributed by atoms with Gasteiger partial charge in [0.2, 0.25) is 0 Å². The quantitative estimate of drug-likeness (QED) is 0.692. The number of nitrogens with zero attached hydrogens (tertiary/aromatic N) is 1. The molecule has 2 heteroatoms. The van der Waals surface area contributed by atoms with Crippen molar-refractivity contribution in [3.05, 3.63) is 0 Å². The first-order valence-electron chi connectivity index (χ1n) is 6.77. The number of hydrogen-bond donors (Lipinski definition) is 1. The highest BCUT2D eigenvalue weighted by Gasteiger charge is 2.16. The van der Waals surface area contributed by atoms with Crippen molar-refractivity contribution >= 4 is 0 Å². The Morgan fingerprint density at radius 2 is 1.44 bits per heavy atom. The molecule has 2 atom stereocenters. The maximum Gasteiger partial charge on any atom is 0.00664 e. The van der Waals surface area contributed by atoms with Crippen LogP contribution in [0.2, 0.25) is 0 Å². The van der Waals surface area contributed by atoms with E-state index in [0.717, 1.165) is 24.9 Å². The maximum absolute atomic E-state index is 5.84. The molecule has 16 heavy (non-hydrogen) atoms. The van der Waals surface area contributed by atoms with Crippen molar-refractivity contribution < 1.29 is 0 Å². The first kappa shape index (κ1) is 15.9. The van der Waals surface area contributed by atoms with Crippen LogP contribution >= 0.6 is 0 Å². The molecule has 0 aromatic rings. The SMILES string of the molecule is CC(C)CC(CN)CN(C)C(C)CC(C)C. The Morgan fingerprint density at radius 1 is 0.938 bits per heavy atom. The predicted octanol–water partition coefficient (Wildman–Crippen LogP) is 2.97.